The molecular formula is C20H16FN3O2. The van der Waals surface area contributed by atoms with E-state index in [2.05, 4.69) is 15.8 Å². The van der Waals surface area contributed by atoms with E-state index in [-0.39, 0.29) is 12.1 Å². The predicted octanol–water partition coefficient (Wildman–Crippen LogP) is 2.86. The van der Waals surface area contributed by atoms with E-state index in [1.165, 1.54) is 18.2 Å². The Morgan fingerprint density at radius 1 is 1.00 bits per heavy atom. The number of rotatable bonds is 5. The van der Waals surface area contributed by atoms with Gasteiger partial charge in [0.25, 0.3) is 11.8 Å². The molecule has 2 amide bonds. The van der Waals surface area contributed by atoms with Crippen molar-refractivity contribution in [1.82, 2.24) is 10.7 Å². The fourth-order valence-corrected chi connectivity index (χ4v) is 2.47. The number of carbonyl (C=O) groups excluding carboxylic acids is 2. The van der Waals surface area contributed by atoms with Gasteiger partial charge in [-0.3, -0.25) is 9.59 Å². The Morgan fingerprint density at radius 3 is 2.62 bits per heavy atom. The summed E-state index contributed by atoms with van der Waals surface area (Å²) in [5, 5.41) is 8.43. The van der Waals surface area contributed by atoms with Gasteiger partial charge in [0.2, 0.25) is 0 Å². The Morgan fingerprint density at radius 2 is 1.77 bits per heavy atom. The highest BCUT2D eigenvalue weighted by molar-refractivity contribution is 6.00. The molecule has 5 nitrogen and oxygen atoms in total. The molecule has 0 aliphatic heterocycles. The molecule has 0 spiro atoms. The number of halogens is 1. The first-order chi connectivity index (χ1) is 12.6. The van der Waals surface area contributed by atoms with Crippen molar-refractivity contribution < 1.29 is 14.0 Å². The zero-order chi connectivity index (χ0) is 18.4. The van der Waals surface area contributed by atoms with Crippen LogP contribution in [0.25, 0.3) is 10.8 Å². The largest absolute Gasteiger partial charge is 0.343 e. The fourth-order valence-electron chi connectivity index (χ4n) is 2.47. The molecular weight excluding hydrogens is 333 g/mol. The van der Waals surface area contributed by atoms with Gasteiger partial charge in [-0.25, -0.2) is 9.82 Å². The van der Waals surface area contributed by atoms with Crippen molar-refractivity contribution in [2.24, 2.45) is 5.10 Å². The zero-order valence-corrected chi connectivity index (χ0v) is 13.8. The lowest BCUT2D eigenvalue weighted by molar-refractivity contribution is -0.120. The number of carbonyl (C=O) groups is 2. The Bertz CT molecular complexity index is 980. The standard InChI is InChI=1S/C20H16FN3O2/c21-17-9-4-7-15(11-17)20(26)22-13-19(25)24-23-12-16-8-3-6-14-5-1-2-10-18(14)16/h1-12H,13H2,(H,22,26)(H,24,25). The van der Waals surface area contributed by atoms with Gasteiger partial charge in [-0.2, -0.15) is 5.10 Å². The Labute approximate surface area is 149 Å². The van der Waals surface area contributed by atoms with Crippen molar-refractivity contribution in [2.45, 2.75) is 0 Å². The van der Waals surface area contributed by atoms with Gasteiger partial charge in [-0.1, -0.05) is 48.5 Å². The minimum absolute atomic E-state index is 0.150. The fraction of sp³-hybridized carbons (Fsp3) is 0.0500. The van der Waals surface area contributed by atoms with Gasteiger partial charge in [0.05, 0.1) is 12.8 Å². The van der Waals surface area contributed by atoms with Crippen LogP contribution in [0.15, 0.2) is 71.8 Å². The van der Waals surface area contributed by atoms with Crippen molar-refractivity contribution in [3.63, 3.8) is 0 Å². The molecule has 0 heterocycles. The molecule has 3 aromatic rings. The molecule has 0 saturated heterocycles. The van der Waals surface area contributed by atoms with Crippen molar-refractivity contribution in [3.05, 3.63) is 83.7 Å². The van der Waals surface area contributed by atoms with Crippen LogP contribution in [0, 0.1) is 5.82 Å². The summed E-state index contributed by atoms with van der Waals surface area (Å²) < 4.78 is 13.1. The molecule has 6 heteroatoms. The predicted molar refractivity (Wildman–Crippen MR) is 98.4 cm³/mol. The summed E-state index contributed by atoms with van der Waals surface area (Å²) in [5.41, 5.74) is 3.37. The van der Waals surface area contributed by atoms with E-state index in [0.29, 0.717) is 0 Å². The van der Waals surface area contributed by atoms with E-state index >= 15 is 0 Å². The van der Waals surface area contributed by atoms with Crippen LogP contribution in [0.4, 0.5) is 4.39 Å². The molecule has 0 aromatic heterocycles. The number of fused-ring (bicyclic) bond motifs is 1. The lowest BCUT2D eigenvalue weighted by Crippen LogP contribution is -2.34. The second kappa shape index (κ2) is 8.02. The number of hydrazone groups is 1. The molecule has 0 aliphatic rings. The number of amides is 2. The monoisotopic (exact) mass is 349 g/mol. The summed E-state index contributed by atoms with van der Waals surface area (Å²) in [4.78, 5) is 23.6. The second-order valence-corrected chi connectivity index (χ2v) is 5.55. The molecule has 0 atom stereocenters. The van der Waals surface area contributed by atoms with Crippen LogP contribution in [0.3, 0.4) is 0 Å². The number of benzene rings is 3. The van der Waals surface area contributed by atoms with E-state index in [1.54, 1.807) is 6.21 Å². The Kier molecular flexibility index (Phi) is 5.34. The summed E-state index contributed by atoms with van der Waals surface area (Å²) in [7, 11) is 0. The van der Waals surface area contributed by atoms with Crippen LogP contribution in [0.1, 0.15) is 15.9 Å². The van der Waals surface area contributed by atoms with Crippen LogP contribution in [0.2, 0.25) is 0 Å². The molecule has 0 saturated carbocycles. The lowest BCUT2D eigenvalue weighted by atomic mass is 10.1. The highest BCUT2D eigenvalue weighted by atomic mass is 19.1. The molecule has 0 unspecified atom stereocenters. The van der Waals surface area contributed by atoms with Gasteiger partial charge >= 0.3 is 0 Å². The third-order valence-corrected chi connectivity index (χ3v) is 3.71. The van der Waals surface area contributed by atoms with Gasteiger partial charge in [0.1, 0.15) is 5.82 Å². The smallest absolute Gasteiger partial charge is 0.259 e. The van der Waals surface area contributed by atoms with Gasteiger partial charge in [0.15, 0.2) is 0 Å². The molecule has 2 N–H and O–H groups in total. The first kappa shape index (κ1) is 17.3. The first-order valence-electron chi connectivity index (χ1n) is 7.97. The summed E-state index contributed by atoms with van der Waals surface area (Å²) in [6.45, 7) is -0.262. The molecule has 0 aliphatic carbocycles. The third kappa shape index (κ3) is 4.30. The van der Waals surface area contributed by atoms with Crippen LogP contribution in [-0.4, -0.2) is 24.6 Å². The van der Waals surface area contributed by atoms with Gasteiger partial charge in [-0.05, 0) is 29.0 Å². The molecule has 130 valence electrons. The third-order valence-electron chi connectivity index (χ3n) is 3.71. The summed E-state index contributed by atoms with van der Waals surface area (Å²) in [6, 6.07) is 18.9. The van der Waals surface area contributed by atoms with E-state index in [4.69, 9.17) is 0 Å². The van der Waals surface area contributed by atoms with Gasteiger partial charge < -0.3 is 5.32 Å². The highest BCUT2D eigenvalue weighted by Crippen LogP contribution is 2.16. The summed E-state index contributed by atoms with van der Waals surface area (Å²) in [6.07, 6.45) is 1.55. The Balaban J connectivity index is 1.55. The Hall–Kier alpha value is -3.54. The van der Waals surface area contributed by atoms with Crippen molar-refractivity contribution in [3.8, 4) is 0 Å². The number of nitrogens with zero attached hydrogens (tertiary/aromatic N) is 1. The van der Waals surface area contributed by atoms with Gasteiger partial charge in [0, 0.05) is 11.1 Å². The molecule has 26 heavy (non-hydrogen) atoms. The first-order valence-corrected chi connectivity index (χ1v) is 7.97. The molecule has 3 rings (SSSR count). The zero-order valence-electron chi connectivity index (χ0n) is 13.8. The number of nitrogens with one attached hydrogen (secondary N) is 2. The second-order valence-electron chi connectivity index (χ2n) is 5.55. The SMILES string of the molecule is O=C(CNC(=O)c1cccc(F)c1)NN=Cc1cccc2ccccc12. The maximum absolute atomic E-state index is 13.1. The minimum Gasteiger partial charge on any atom is -0.343 e. The molecule has 0 radical (unpaired) electrons. The van der Waals surface area contributed by atoms with Crippen molar-refractivity contribution in [1.29, 1.82) is 0 Å². The van der Waals surface area contributed by atoms with E-state index in [0.717, 1.165) is 22.4 Å². The van der Waals surface area contributed by atoms with Crippen LogP contribution in [-0.2, 0) is 4.79 Å². The summed E-state index contributed by atoms with van der Waals surface area (Å²) in [5.74, 6) is -1.52. The van der Waals surface area contributed by atoms with Crippen LogP contribution < -0.4 is 10.7 Å². The normalized spacial score (nSPS) is 10.8. The van der Waals surface area contributed by atoms with E-state index < -0.39 is 17.6 Å². The maximum Gasteiger partial charge on any atom is 0.259 e. The van der Waals surface area contributed by atoms with Crippen molar-refractivity contribution in [2.75, 3.05) is 6.54 Å². The topological polar surface area (TPSA) is 70.6 Å². The molecule has 0 fully saturated rings. The minimum atomic E-state index is -0.530. The highest BCUT2D eigenvalue weighted by Gasteiger charge is 2.08. The quantitative estimate of drug-likeness (QED) is 0.549. The molecule has 0 bridgehead atoms. The van der Waals surface area contributed by atoms with Crippen LogP contribution >= 0.6 is 0 Å². The molecule has 3 aromatic carbocycles. The van der Waals surface area contributed by atoms with Gasteiger partial charge in [-0.15, -0.1) is 0 Å². The van der Waals surface area contributed by atoms with E-state index in [9.17, 15) is 14.0 Å². The number of hydrogen-bond donors (Lipinski definition) is 2. The maximum atomic E-state index is 13.1. The van der Waals surface area contributed by atoms with Crippen molar-refractivity contribution >= 4 is 28.8 Å². The number of hydrogen-bond acceptors (Lipinski definition) is 3. The lowest BCUT2D eigenvalue weighted by Gasteiger charge is -2.04. The van der Waals surface area contributed by atoms with Crippen LogP contribution in [0.5, 0.6) is 0 Å². The average Bonchev–Trinajstić information content (AvgIpc) is 2.66. The average molecular weight is 349 g/mol. The van der Waals surface area contributed by atoms with E-state index in [1.807, 2.05) is 42.5 Å². The summed E-state index contributed by atoms with van der Waals surface area (Å²) >= 11 is 0.